The molecule has 0 spiro atoms. The minimum atomic E-state index is -0.185. The van der Waals surface area contributed by atoms with Crippen LogP contribution in [0.1, 0.15) is 58.1 Å². The Kier molecular flexibility index (Phi) is 4.15. The number of rotatable bonds is 4. The zero-order chi connectivity index (χ0) is 12.3. The van der Waals surface area contributed by atoms with Crippen molar-refractivity contribution in [1.29, 1.82) is 0 Å². The Morgan fingerprint density at radius 2 is 1.56 bits per heavy atom. The van der Waals surface area contributed by atoms with Crippen LogP contribution >= 0.6 is 0 Å². The number of benzene rings is 1. The van der Waals surface area contributed by atoms with Gasteiger partial charge in [0.05, 0.1) is 0 Å². The summed E-state index contributed by atoms with van der Waals surface area (Å²) in [4.78, 5) is 0. The third-order valence-corrected chi connectivity index (χ3v) is 3.73. The molecule has 0 bridgehead atoms. The predicted octanol–water partition coefficient (Wildman–Crippen LogP) is 4.03. The van der Waals surface area contributed by atoms with Gasteiger partial charge in [-0.15, -0.1) is 0 Å². The molecule has 0 saturated carbocycles. The summed E-state index contributed by atoms with van der Waals surface area (Å²) < 4.78 is 0. The molecule has 0 aliphatic heterocycles. The van der Waals surface area contributed by atoms with Gasteiger partial charge in [0.25, 0.3) is 0 Å². The van der Waals surface area contributed by atoms with Crippen molar-refractivity contribution < 1.29 is 0 Å². The van der Waals surface area contributed by atoms with Crippen LogP contribution in [0.2, 0.25) is 0 Å². The maximum absolute atomic E-state index is 6.49. The molecular formula is C15H25N. The Labute approximate surface area is 100 Å². The molecule has 0 saturated heterocycles. The fourth-order valence-electron chi connectivity index (χ4n) is 2.12. The average molecular weight is 219 g/mol. The summed E-state index contributed by atoms with van der Waals surface area (Å²) in [6.07, 6.45) is 0.978. The second kappa shape index (κ2) is 5.01. The molecule has 2 N–H and O–H groups in total. The molecule has 0 aliphatic carbocycles. The highest BCUT2D eigenvalue weighted by atomic mass is 14.7. The van der Waals surface area contributed by atoms with Crippen LogP contribution in [0.4, 0.5) is 0 Å². The second-order valence-corrected chi connectivity index (χ2v) is 5.33. The number of hydrogen-bond acceptors (Lipinski definition) is 1. The molecule has 0 fully saturated rings. The Balaban J connectivity index is 3.04. The highest BCUT2D eigenvalue weighted by Gasteiger charge is 2.28. The smallest absolute Gasteiger partial charge is 0.0430 e. The van der Waals surface area contributed by atoms with Crippen molar-refractivity contribution >= 4 is 0 Å². The van der Waals surface area contributed by atoms with Gasteiger partial charge in [0, 0.05) is 5.54 Å². The summed E-state index contributed by atoms with van der Waals surface area (Å²) >= 11 is 0. The SMILES string of the molecule is CCC(N)(c1ccc(C(C)C)cc1)C(C)C. The first-order valence-corrected chi connectivity index (χ1v) is 6.31. The molecule has 0 aliphatic rings. The molecule has 0 amide bonds. The molecule has 0 aromatic heterocycles. The second-order valence-electron chi connectivity index (χ2n) is 5.33. The largest absolute Gasteiger partial charge is 0.321 e. The highest BCUT2D eigenvalue weighted by Crippen LogP contribution is 2.30. The van der Waals surface area contributed by atoms with Gasteiger partial charge in [-0.2, -0.15) is 0 Å². The molecule has 0 heterocycles. The van der Waals surface area contributed by atoms with Crippen LogP contribution in [0, 0.1) is 5.92 Å². The van der Waals surface area contributed by atoms with Crippen molar-refractivity contribution in [2.24, 2.45) is 11.7 Å². The van der Waals surface area contributed by atoms with E-state index < -0.39 is 0 Å². The van der Waals surface area contributed by atoms with Crippen LogP contribution in [-0.4, -0.2) is 0 Å². The highest BCUT2D eigenvalue weighted by molar-refractivity contribution is 5.30. The Morgan fingerprint density at radius 1 is 1.06 bits per heavy atom. The van der Waals surface area contributed by atoms with Gasteiger partial charge in [-0.1, -0.05) is 58.9 Å². The lowest BCUT2D eigenvalue weighted by Crippen LogP contribution is -2.41. The molecule has 1 rings (SSSR count). The maximum Gasteiger partial charge on any atom is 0.0430 e. The summed E-state index contributed by atoms with van der Waals surface area (Å²) in [5, 5.41) is 0. The normalized spacial score (nSPS) is 15.5. The van der Waals surface area contributed by atoms with E-state index in [-0.39, 0.29) is 5.54 Å². The molecular weight excluding hydrogens is 194 g/mol. The summed E-state index contributed by atoms with van der Waals surface area (Å²) in [5.74, 6) is 1.05. The van der Waals surface area contributed by atoms with E-state index in [4.69, 9.17) is 5.73 Å². The van der Waals surface area contributed by atoms with Crippen molar-refractivity contribution in [3.05, 3.63) is 35.4 Å². The van der Waals surface area contributed by atoms with E-state index >= 15 is 0 Å². The van der Waals surface area contributed by atoms with Gasteiger partial charge in [-0.3, -0.25) is 0 Å². The fraction of sp³-hybridized carbons (Fsp3) is 0.600. The minimum Gasteiger partial charge on any atom is -0.321 e. The van der Waals surface area contributed by atoms with Crippen LogP contribution in [0.5, 0.6) is 0 Å². The summed E-state index contributed by atoms with van der Waals surface area (Å²) in [6, 6.07) is 8.80. The zero-order valence-electron chi connectivity index (χ0n) is 11.2. The van der Waals surface area contributed by atoms with Crippen molar-refractivity contribution in [2.75, 3.05) is 0 Å². The minimum absolute atomic E-state index is 0.185. The third-order valence-electron chi connectivity index (χ3n) is 3.73. The molecule has 1 unspecified atom stereocenters. The van der Waals surface area contributed by atoms with Gasteiger partial charge in [0.2, 0.25) is 0 Å². The first kappa shape index (κ1) is 13.2. The molecule has 90 valence electrons. The van der Waals surface area contributed by atoms with E-state index in [2.05, 4.69) is 58.9 Å². The number of hydrogen-bond donors (Lipinski definition) is 1. The topological polar surface area (TPSA) is 26.0 Å². The standard InChI is InChI=1S/C15H25N/c1-6-15(16,12(4)5)14-9-7-13(8-10-14)11(2)3/h7-12H,6,16H2,1-5H3. The molecule has 1 nitrogen and oxygen atoms in total. The Hall–Kier alpha value is -0.820. The van der Waals surface area contributed by atoms with Gasteiger partial charge in [0.15, 0.2) is 0 Å². The summed E-state index contributed by atoms with van der Waals surface area (Å²) in [5.41, 5.74) is 8.94. The monoisotopic (exact) mass is 219 g/mol. The summed E-state index contributed by atoms with van der Waals surface area (Å²) in [7, 11) is 0. The van der Waals surface area contributed by atoms with Gasteiger partial charge in [0.1, 0.15) is 0 Å². The molecule has 1 heteroatoms. The van der Waals surface area contributed by atoms with Gasteiger partial charge < -0.3 is 5.73 Å². The maximum atomic E-state index is 6.49. The van der Waals surface area contributed by atoms with Crippen LogP contribution in [0.15, 0.2) is 24.3 Å². The third kappa shape index (κ3) is 2.46. The van der Waals surface area contributed by atoms with Crippen molar-refractivity contribution in [1.82, 2.24) is 0 Å². The van der Waals surface area contributed by atoms with Crippen LogP contribution < -0.4 is 5.73 Å². The Bertz CT molecular complexity index is 324. The van der Waals surface area contributed by atoms with Crippen molar-refractivity contribution in [3.8, 4) is 0 Å². The lowest BCUT2D eigenvalue weighted by molar-refractivity contribution is 0.306. The van der Waals surface area contributed by atoms with Crippen LogP contribution in [0.25, 0.3) is 0 Å². The number of nitrogens with two attached hydrogens (primary N) is 1. The van der Waals surface area contributed by atoms with Gasteiger partial charge in [-0.25, -0.2) is 0 Å². The van der Waals surface area contributed by atoms with Gasteiger partial charge >= 0.3 is 0 Å². The first-order chi connectivity index (χ1) is 7.41. The van der Waals surface area contributed by atoms with Crippen molar-refractivity contribution in [3.63, 3.8) is 0 Å². The van der Waals surface area contributed by atoms with Crippen molar-refractivity contribution in [2.45, 2.75) is 52.5 Å². The van der Waals surface area contributed by atoms with Gasteiger partial charge in [-0.05, 0) is 29.4 Å². The molecule has 16 heavy (non-hydrogen) atoms. The van der Waals surface area contributed by atoms with E-state index in [1.54, 1.807) is 0 Å². The van der Waals surface area contributed by atoms with Crippen LogP contribution in [-0.2, 0) is 5.54 Å². The molecule has 1 atom stereocenters. The fourth-order valence-corrected chi connectivity index (χ4v) is 2.12. The average Bonchev–Trinajstić information content (AvgIpc) is 2.27. The van der Waals surface area contributed by atoms with E-state index in [1.165, 1.54) is 11.1 Å². The van der Waals surface area contributed by atoms with E-state index in [0.717, 1.165) is 6.42 Å². The van der Waals surface area contributed by atoms with E-state index in [0.29, 0.717) is 11.8 Å². The Morgan fingerprint density at radius 3 is 1.88 bits per heavy atom. The quantitative estimate of drug-likeness (QED) is 0.813. The lowest BCUT2D eigenvalue weighted by Gasteiger charge is -2.33. The molecule has 1 aromatic carbocycles. The first-order valence-electron chi connectivity index (χ1n) is 6.31. The lowest BCUT2D eigenvalue weighted by atomic mass is 9.78. The van der Waals surface area contributed by atoms with Crippen LogP contribution in [0.3, 0.4) is 0 Å². The predicted molar refractivity (Wildman–Crippen MR) is 71.5 cm³/mol. The molecule has 0 radical (unpaired) electrons. The van der Waals surface area contributed by atoms with E-state index in [9.17, 15) is 0 Å². The molecule has 1 aromatic rings. The summed E-state index contributed by atoms with van der Waals surface area (Å²) in [6.45, 7) is 11.0. The zero-order valence-corrected chi connectivity index (χ0v) is 11.2. The van der Waals surface area contributed by atoms with E-state index in [1.807, 2.05) is 0 Å².